The zero-order chi connectivity index (χ0) is 23.2. The molecule has 2 aromatic carbocycles. The van der Waals surface area contributed by atoms with Gasteiger partial charge in [-0.1, -0.05) is 47.8 Å². The van der Waals surface area contributed by atoms with Crippen LogP contribution in [-0.2, 0) is 16.1 Å². The molecule has 0 aliphatic rings. The van der Waals surface area contributed by atoms with Crippen molar-refractivity contribution in [1.82, 2.24) is 10.2 Å². The minimum absolute atomic E-state index is 0.151. The highest BCUT2D eigenvalue weighted by molar-refractivity contribution is 8.00. The first-order valence-corrected chi connectivity index (χ1v) is 12.1. The van der Waals surface area contributed by atoms with Crippen LogP contribution >= 0.6 is 46.6 Å². The summed E-state index contributed by atoms with van der Waals surface area (Å²) in [4.78, 5) is 28.8. The minimum Gasteiger partial charge on any atom is -0.350 e. The van der Waals surface area contributed by atoms with Gasteiger partial charge in [-0.25, -0.2) is 0 Å². The molecule has 0 radical (unpaired) electrons. The van der Waals surface area contributed by atoms with Gasteiger partial charge in [-0.2, -0.15) is 0 Å². The van der Waals surface area contributed by atoms with Gasteiger partial charge in [-0.15, -0.1) is 11.8 Å². The average Bonchev–Trinajstić information content (AvgIpc) is 2.67. The number of amides is 2. The maximum absolute atomic E-state index is 13.3. The highest BCUT2D eigenvalue weighted by atomic mass is 35.5. The van der Waals surface area contributed by atoms with Crippen LogP contribution in [-0.4, -0.2) is 34.0 Å². The molecule has 0 aliphatic heterocycles. The predicted molar refractivity (Wildman–Crippen MR) is 131 cm³/mol. The van der Waals surface area contributed by atoms with Crippen molar-refractivity contribution in [2.24, 2.45) is 0 Å². The van der Waals surface area contributed by atoms with Crippen LogP contribution in [0.5, 0.6) is 0 Å². The summed E-state index contributed by atoms with van der Waals surface area (Å²) < 4.78 is 0. The molecule has 0 aromatic heterocycles. The lowest BCUT2D eigenvalue weighted by Crippen LogP contribution is -2.53. The van der Waals surface area contributed by atoms with E-state index in [9.17, 15) is 9.59 Å². The summed E-state index contributed by atoms with van der Waals surface area (Å²) in [5.41, 5.74) is 0.327. The van der Waals surface area contributed by atoms with Crippen LogP contribution in [0.3, 0.4) is 0 Å². The molecule has 0 fully saturated rings. The normalized spacial score (nSPS) is 12.4. The number of rotatable bonds is 8. The lowest BCUT2D eigenvalue weighted by Gasteiger charge is -2.33. The zero-order valence-electron chi connectivity index (χ0n) is 18.0. The number of nitrogens with zero attached hydrogens (tertiary/aromatic N) is 1. The second-order valence-electron chi connectivity index (χ2n) is 8.16. The van der Waals surface area contributed by atoms with Crippen molar-refractivity contribution < 1.29 is 9.59 Å². The number of halogens is 3. The fourth-order valence-corrected chi connectivity index (χ4v) is 4.34. The molecule has 2 amide bonds. The van der Waals surface area contributed by atoms with Crippen LogP contribution in [0.25, 0.3) is 0 Å². The molecule has 2 rings (SSSR count). The molecule has 1 N–H and O–H groups in total. The molecule has 0 spiro atoms. The summed E-state index contributed by atoms with van der Waals surface area (Å²) >= 11 is 19.7. The molecule has 0 saturated heterocycles. The number of carbonyl (C=O) groups excluding carboxylic acids is 2. The molecule has 2 aromatic rings. The molecule has 0 saturated carbocycles. The van der Waals surface area contributed by atoms with Crippen molar-refractivity contribution in [3.05, 3.63) is 63.1 Å². The van der Waals surface area contributed by atoms with Gasteiger partial charge < -0.3 is 10.2 Å². The van der Waals surface area contributed by atoms with Crippen molar-refractivity contribution >= 4 is 58.4 Å². The lowest BCUT2D eigenvalue weighted by molar-refractivity contribution is -0.140. The fourth-order valence-electron chi connectivity index (χ4n) is 2.96. The third-order valence-electron chi connectivity index (χ3n) is 4.42. The monoisotopic (exact) mass is 500 g/mol. The Morgan fingerprint density at radius 2 is 1.65 bits per heavy atom. The van der Waals surface area contributed by atoms with E-state index in [1.54, 1.807) is 35.2 Å². The molecule has 0 aliphatic carbocycles. The summed E-state index contributed by atoms with van der Waals surface area (Å²) in [6.45, 7) is 7.85. The maximum Gasteiger partial charge on any atom is 0.243 e. The largest absolute Gasteiger partial charge is 0.350 e. The topological polar surface area (TPSA) is 49.4 Å². The van der Waals surface area contributed by atoms with E-state index in [1.807, 2.05) is 39.8 Å². The van der Waals surface area contributed by atoms with Gasteiger partial charge in [0.05, 0.1) is 5.75 Å². The Morgan fingerprint density at radius 1 is 1.03 bits per heavy atom. The average molecular weight is 502 g/mol. The first-order valence-electron chi connectivity index (χ1n) is 9.94. The summed E-state index contributed by atoms with van der Waals surface area (Å²) in [5.74, 6) is -0.154. The van der Waals surface area contributed by atoms with Crippen LogP contribution in [0.1, 0.15) is 39.7 Å². The van der Waals surface area contributed by atoms with Gasteiger partial charge in [0.25, 0.3) is 0 Å². The van der Waals surface area contributed by atoms with E-state index >= 15 is 0 Å². The fraction of sp³-hybridized carbons (Fsp3) is 0.391. The molecular formula is C23H27Cl3N2O2S. The Morgan fingerprint density at radius 3 is 2.19 bits per heavy atom. The Balaban J connectivity index is 2.27. The summed E-state index contributed by atoms with van der Waals surface area (Å²) in [6, 6.07) is 11.8. The molecule has 0 heterocycles. The quantitative estimate of drug-likeness (QED) is 0.422. The number of hydrogen-bond acceptors (Lipinski definition) is 3. The smallest absolute Gasteiger partial charge is 0.243 e. The Bertz CT molecular complexity index is 914. The molecular weight excluding hydrogens is 475 g/mol. The first kappa shape index (κ1) is 25.9. The van der Waals surface area contributed by atoms with E-state index in [0.29, 0.717) is 21.5 Å². The summed E-state index contributed by atoms with van der Waals surface area (Å²) in [6.07, 6.45) is 0.477. The molecule has 1 atom stereocenters. The minimum atomic E-state index is -0.621. The zero-order valence-corrected chi connectivity index (χ0v) is 21.1. The molecule has 8 heteroatoms. The molecule has 31 heavy (non-hydrogen) atoms. The van der Waals surface area contributed by atoms with E-state index in [2.05, 4.69) is 5.32 Å². The van der Waals surface area contributed by atoms with Gasteiger partial charge in [0.15, 0.2) is 0 Å². The SMILES string of the molecule is CC[C@H](C(=O)NC(C)(C)C)N(Cc1ccc(Cl)cc1Cl)C(=O)CSc1ccc(Cl)cc1. The van der Waals surface area contributed by atoms with Gasteiger partial charge in [-0.3, -0.25) is 9.59 Å². The van der Waals surface area contributed by atoms with Gasteiger partial charge >= 0.3 is 0 Å². The standard InChI is InChI=1S/C23H27Cl3N2O2S/c1-5-20(22(30)27-23(2,3)4)28(13-15-6-7-17(25)12-19(15)26)21(29)14-31-18-10-8-16(24)9-11-18/h6-12,20H,5,13-14H2,1-4H3,(H,27,30)/t20-/m1/s1. The van der Waals surface area contributed by atoms with Gasteiger partial charge in [0, 0.05) is 32.0 Å². The van der Waals surface area contributed by atoms with Crippen LogP contribution in [0, 0.1) is 0 Å². The third-order valence-corrected chi connectivity index (χ3v) is 6.25. The number of carbonyl (C=O) groups is 2. The van der Waals surface area contributed by atoms with E-state index in [0.717, 1.165) is 10.5 Å². The van der Waals surface area contributed by atoms with Crippen LogP contribution in [0.4, 0.5) is 0 Å². The highest BCUT2D eigenvalue weighted by Gasteiger charge is 2.31. The molecule has 168 valence electrons. The van der Waals surface area contributed by atoms with Crippen molar-refractivity contribution in [1.29, 1.82) is 0 Å². The second kappa shape index (κ2) is 11.5. The molecule has 0 unspecified atom stereocenters. The van der Waals surface area contributed by atoms with Crippen molar-refractivity contribution in [2.45, 2.75) is 57.1 Å². The lowest BCUT2D eigenvalue weighted by atomic mass is 10.1. The summed E-state index contributed by atoms with van der Waals surface area (Å²) in [7, 11) is 0. The van der Waals surface area contributed by atoms with E-state index in [-0.39, 0.29) is 24.1 Å². The van der Waals surface area contributed by atoms with E-state index < -0.39 is 11.6 Å². The van der Waals surface area contributed by atoms with Gasteiger partial charge in [-0.05, 0) is 69.2 Å². The van der Waals surface area contributed by atoms with Crippen LogP contribution in [0.2, 0.25) is 15.1 Å². The Labute approximate surface area is 203 Å². The van der Waals surface area contributed by atoms with E-state index in [4.69, 9.17) is 34.8 Å². The molecule has 4 nitrogen and oxygen atoms in total. The summed E-state index contributed by atoms with van der Waals surface area (Å²) in [5, 5.41) is 4.60. The number of thioether (sulfide) groups is 1. The van der Waals surface area contributed by atoms with Crippen molar-refractivity contribution in [3.63, 3.8) is 0 Å². The van der Waals surface area contributed by atoms with Gasteiger partial charge in [0.2, 0.25) is 11.8 Å². The first-order chi connectivity index (χ1) is 14.5. The van der Waals surface area contributed by atoms with Crippen molar-refractivity contribution in [2.75, 3.05) is 5.75 Å². The second-order valence-corrected chi connectivity index (χ2v) is 10.5. The third kappa shape index (κ3) is 8.23. The Kier molecular flexibility index (Phi) is 9.56. The number of nitrogens with one attached hydrogen (secondary N) is 1. The van der Waals surface area contributed by atoms with Gasteiger partial charge in [0.1, 0.15) is 6.04 Å². The molecule has 0 bridgehead atoms. The van der Waals surface area contributed by atoms with E-state index in [1.165, 1.54) is 11.8 Å². The van der Waals surface area contributed by atoms with Crippen LogP contribution < -0.4 is 5.32 Å². The number of benzene rings is 2. The Hall–Kier alpha value is -1.40. The van der Waals surface area contributed by atoms with Crippen LogP contribution in [0.15, 0.2) is 47.4 Å². The predicted octanol–water partition coefficient (Wildman–Crippen LogP) is 6.46. The maximum atomic E-state index is 13.3. The van der Waals surface area contributed by atoms with Crippen molar-refractivity contribution in [3.8, 4) is 0 Å². The highest BCUT2D eigenvalue weighted by Crippen LogP contribution is 2.26. The number of hydrogen-bond donors (Lipinski definition) is 1.